The summed E-state index contributed by atoms with van der Waals surface area (Å²) in [6.45, 7) is 3.39. The van der Waals surface area contributed by atoms with E-state index in [0.717, 1.165) is 32.4 Å². The summed E-state index contributed by atoms with van der Waals surface area (Å²) in [6, 6.07) is 0. The van der Waals surface area contributed by atoms with Crippen LogP contribution in [0.2, 0.25) is 0 Å². The molecular formula is C11H19N3O2. The molecule has 5 heteroatoms. The van der Waals surface area contributed by atoms with Crippen LogP contribution in [0.3, 0.4) is 0 Å². The van der Waals surface area contributed by atoms with E-state index < -0.39 is 0 Å². The molecule has 0 radical (unpaired) electrons. The average Bonchev–Trinajstić information content (AvgIpc) is 2.54. The highest BCUT2D eigenvalue weighted by Gasteiger charge is 2.27. The van der Waals surface area contributed by atoms with Gasteiger partial charge in [-0.15, -0.1) is 0 Å². The second-order valence-corrected chi connectivity index (χ2v) is 4.51. The van der Waals surface area contributed by atoms with E-state index in [0.29, 0.717) is 13.1 Å². The van der Waals surface area contributed by atoms with E-state index >= 15 is 0 Å². The molecule has 0 aromatic rings. The predicted molar refractivity (Wildman–Crippen MR) is 59.8 cm³/mol. The highest BCUT2D eigenvalue weighted by Crippen LogP contribution is 2.14. The maximum absolute atomic E-state index is 12.2. The zero-order valence-electron chi connectivity index (χ0n) is 9.50. The van der Waals surface area contributed by atoms with Gasteiger partial charge in [0.15, 0.2) is 0 Å². The smallest absolute Gasteiger partial charge is 0.239 e. The third-order valence-corrected chi connectivity index (χ3v) is 3.22. The molecule has 0 aromatic carbocycles. The van der Waals surface area contributed by atoms with Gasteiger partial charge in [-0.1, -0.05) is 0 Å². The number of nitrogens with one attached hydrogen (secondary N) is 2. The topological polar surface area (TPSA) is 61.4 Å². The summed E-state index contributed by atoms with van der Waals surface area (Å²) < 4.78 is 0. The molecular weight excluding hydrogens is 206 g/mol. The fourth-order valence-corrected chi connectivity index (χ4v) is 2.31. The Labute approximate surface area is 95.6 Å². The van der Waals surface area contributed by atoms with Crippen LogP contribution in [0.25, 0.3) is 0 Å². The summed E-state index contributed by atoms with van der Waals surface area (Å²) >= 11 is 0. The van der Waals surface area contributed by atoms with Gasteiger partial charge in [0.2, 0.25) is 11.8 Å². The molecule has 5 nitrogen and oxygen atoms in total. The van der Waals surface area contributed by atoms with Gasteiger partial charge in [0.05, 0.1) is 12.5 Å². The highest BCUT2D eigenvalue weighted by atomic mass is 16.2. The van der Waals surface area contributed by atoms with Crippen molar-refractivity contribution in [3.05, 3.63) is 0 Å². The summed E-state index contributed by atoms with van der Waals surface area (Å²) in [5.74, 6) is 0.179. The second-order valence-electron chi connectivity index (χ2n) is 4.51. The average molecular weight is 225 g/mol. The van der Waals surface area contributed by atoms with E-state index in [-0.39, 0.29) is 24.3 Å². The number of carbonyl (C=O) groups excluding carboxylic acids is 2. The number of carbonyl (C=O) groups is 2. The molecule has 2 aliphatic rings. The van der Waals surface area contributed by atoms with Gasteiger partial charge in [-0.3, -0.25) is 9.59 Å². The molecule has 90 valence electrons. The molecule has 1 atom stereocenters. The lowest BCUT2D eigenvalue weighted by Gasteiger charge is -2.28. The molecule has 16 heavy (non-hydrogen) atoms. The van der Waals surface area contributed by atoms with Crippen LogP contribution in [0, 0.1) is 5.92 Å². The lowest BCUT2D eigenvalue weighted by atomic mass is 9.98. The standard InChI is InChI=1S/C11H19N3O2/c15-10-8-14(6-2-5-13-10)11(16)9-3-1-4-12-7-9/h9,12H,1-8H2,(H,13,15)/t9-/m0/s1. The Balaban J connectivity index is 1.93. The fraction of sp³-hybridized carbons (Fsp3) is 0.818. The van der Waals surface area contributed by atoms with Crippen molar-refractivity contribution in [1.82, 2.24) is 15.5 Å². The minimum absolute atomic E-state index is 0.0328. The molecule has 2 amide bonds. The van der Waals surface area contributed by atoms with Crippen molar-refractivity contribution in [3.63, 3.8) is 0 Å². The van der Waals surface area contributed by atoms with Crippen molar-refractivity contribution >= 4 is 11.8 Å². The Kier molecular flexibility index (Phi) is 3.77. The van der Waals surface area contributed by atoms with Crippen molar-refractivity contribution in [1.29, 1.82) is 0 Å². The van der Waals surface area contributed by atoms with E-state index in [1.807, 2.05) is 0 Å². The third-order valence-electron chi connectivity index (χ3n) is 3.22. The second kappa shape index (κ2) is 5.30. The molecule has 2 aliphatic heterocycles. The first kappa shape index (κ1) is 11.4. The van der Waals surface area contributed by atoms with Gasteiger partial charge in [-0.25, -0.2) is 0 Å². The van der Waals surface area contributed by atoms with Crippen molar-refractivity contribution < 1.29 is 9.59 Å². The van der Waals surface area contributed by atoms with E-state index in [1.54, 1.807) is 4.90 Å². The molecule has 2 N–H and O–H groups in total. The Hall–Kier alpha value is -1.10. The van der Waals surface area contributed by atoms with Gasteiger partial charge in [-0.2, -0.15) is 0 Å². The maximum atomic E-state index is 12.2. The van der Waals surface area contributed by atoms with Gasteiger partial charge in [0.1, 0.15) is 0 Å². The number of piperidine rings is 1. The first-order chi connectivity index (χ1) is 7.77. The highest BCUT2D eigenvalue weighted by molar-refractivity contribution is 5.86. The third kappa shape index (κ3) is 2.72. The molecule has 0 bridgehead atoms. The van der Waals surface area contributed by atoms with E-state index in [1.165, 1.54) is 0 Å². The van der Waals surface area contributed by atoms with Crippen molar-refractivity contribution in [2.24, 2.45) is 5.92 Å². The normalized spacial score (nSPS) is 27.1. The molecule has 2 heterocycles. The Morgan fingerprint density at radius 2 is 2.19 bits per heavy atom. The number of rotatable bonds is 1. The molecule has 0 unspecified atom stereocenters. The Morgan fingerprint density at radius 1 is 1.31 bits per heavy atom. The molecule has 0 aromatic heterocycles. The van der Waals surface area contributed by atoms with Gasteiger partial charge in [0, 0.05) is 19.6 Å². The van der Waals surface area contributed by atoms with Gasteiger partial charge < -0.3 is 15.5 Å². The Bertz CT molecular complexity index is 274. The number of nitrogens with zero attached hydrogens (tertiary/aromatic N) is 1. The van der Waals surface area contributed by atoms with E-state index in [4.69, 9.17) is 0 Å². The molecule has 0 aliphatic carbocycles. The molecule has 2 fully saturated rings. The predicted octanol–water partition coefficient (Wildman–Crippen LogP) is -0.665. The van der Waals surface area contributed by atoms with Crippen LogP contribution in [0.5, 0.6) is 0 Å². The van der Waals surface area contributed by atoms with Crippen LogP contribution in [-0.2, 0) is 9.59 Å². The zero-order valence-corrected chi connectivity index (χ0v) is 9.50. The number of amides is 2. The number of hydrogen-bond donors (Lipinski definition) is 2. The minimum Gasteiger partial charge on any atom is -0.354 e. The van der Waals surface area contributed by atoms with Crippen LogP contribution in [0.1, 0.15) is 19.3 Å². The summed E-state index contributed by atoms with van der Waals surface area (Å²) in [6.07, 6.45) is 2.86. The van der Waals surface area contributed by atoms with Crippen molar-refractivity contribution in [3.8, 4) is 0 Å². The molecule has 2 saturated heterocycles. The SMILES string of the molecule is O=C1CN(C(=O)[C@H]2CCCNC2)CCCN1. The quantitative estimate of drug-likeness (QED) is 0.622. The summed E-state index contributed by atoms with van der Waals surface area (Å²) in [5, 5.41) is 6.02. The van der Waals surface area contributed by atoms with Crippen LogP contribution in [-0.4, -0.2) is 49.4 Å². The van der Waals surface area contributed by atoms with Crippen LogP contribution in [0.4, 0.5) is 0 Å². The molecule has 0 spiro atoms. The summed E-state index contributed by atoms with van der Waals surface area (Å²) in [7, 11) is 0. The maximum Gasteiger partial charge on any atom is 0.239 e. The zero-order chi connectivity index (χ0) is 11.4. The minimum atomic E-state index is -0.0328. The van der Waals surface area contributed by atoms with Crippen LogP contribution in [0.15, 0.2) is 0 Å². The summed E-state index contributed by atoms with van der Waals surface area (Å²) in [4.78, 5) is 25.2. The van der Waals surface area contributed by atoms with Crippen LogP contribution < -0.4 is 10.6 Å². The number of hydrogen-bond acceptors (Lipinski definition) is 3. The lowest BCUT2D eigenvalue weighted by molar-refractivity contribution is -0.139. The first-order valence-electron chi connectivity index (χ1n) is 6.03. The van der Waals surface area contributed by atoms with Gasteiger partial charge in [0.25, 0.3) is 0 Å². The fourth-order valence-electron chi connectivity index (χ4n) is 2.31. The molecule has 0 saturated carbocycles. The van der Waals surface area contributed by atoms with Gasteiger partial charge >= 0.3 is 0 Å². The lowest BCUT2D eigenvalue weighted by Crippen LogP contribution is -2.45. The monoisotopic (exact) mass is 225 g/mol. The van der Waals surface area contributed by atoms with Gasteiger partial charge in [-0.05, 0) is 25.8 Å². The first-order valence-corrected chi connectivity index (χ1v) is 6.03. The largest absolute Gasteiger partial charge is 0.354 e. The van der Waals surface area contributed by atoms with Crippen LogP contribution >= 0.6 is 0 Å². The van der Waals surface area contributed by atoms with E-state index in [2.05, 4.69) is 10.6 Å². The van der Waals surface area contributed by atoms with E-state index in [9.17, 15) is 9.59 Å². The van der Waals surface area contributed by atoms with Crippen molar-refractivity contribution in [2.75, 3.05) is 32.7 Å². The summed E-state index contributed by atoms with van der Waals surface area (Å²) in [5.41, 5.74) is 0. The molecule has 2 rings (SSSR count). The Morgan fingerprint density at radius 3 is 2.94 bits per heavy atom. The van der Waals surface area contributed by atoms with Crippen molar-refractivity contribution in [2.45, 2.75) is 19.3 Å².